The molecular formula is C12H14Cl2N2O3. The average Bonchev–Trinajstić information content (AvgIpc) is 2.37. The summed E-state index contributed by atoms with van der Waals surface area (Å²) in [6, 6.07) is 5.02. The van der Waals surface area contributed by atoms with E-state index in [4.69, 9.17) is 27.9 Å². The van der Waals surface area contributed by atoms with Gasteiger partial charge in [-0.15, -0.1) is 0 Å². The molecule has 19 heavy (non-hydrogen) atoms. The first-order valence-corrected chi connectivity index (χ1v) is 6.23. The van der Waals surface area contributed by atoms with Gasteiger partial charge in [-0.3, -0.25) is 5.43 Å². The molecule has 0 unspecified atom stereocenters. The van der Waals surface area contributed by atoms with Gasteiger partial charge in [0.2, 0.25) is 5.17 Å². The third kappa shape index (κ3) is 4.96. The molecule has 0 atom stereocenters. The van der Waals surface area contributed by atoms with Gasteiger partial charge in [0.15, 0.2) is 0 Å². The van der Waals surface area contributed by atoms with Gasteiger partial charge >= 0.3 is 5.97 Å². The van der Waals surface area contributed by atoms with Gasteiger partial charge in [-0.05, 0) is 32.0 Å². The maximum absolute atomic E-state index is 11.0. The predicted octanol–water partition coefficient (Wildman–Crippen LogP) is 3.26. The Morgan fingerprint density at radius 1 is 1.42 bits per heavy atom. The van der Waals surface area contributed by atoms with Crippen LogP contribution >= 0.6 is 23.2 Å². The molecule has 0 aliphatic heterocycles. The summed E-state index contributed by atoms with van der Waals surface area (Å²) in [6.45, 7) is 3.81. The first kappa shape index (κ1) is 15.6. The van der Waals surface area contributed by atoms with Crippen LogP contribution in [0.25, 0.3) is 0 Å². The van der Waals surface area contributed by atoms with Crippen molar-refractivity contribution in [3.63, 3.8) is 0 Å². The second-order valence-corrected chi connectivity index (χ2v) is 4.58. The number of rotatable bonds is 5. The summed E-state index contributed by atoms with van der Waals surface area (Å²) in [4.78, 5) is 11.0. The number of methoxy groups -OCH3 is 1. The molecule has 0 fully saturated rings. The number of benzene rings is 1. The van der Waals surface area contributed by atoms with Crippen LogP contribution in [0.2, 0.25) is 5.02 Å². The van der Waals surface area contributed by atoms with E-state index in [-0.39, 0.29) is 11.3 Å². The number of halogens is 2. The fourth-order valence-electron chi connectivity index (χ4n) is 1.16. The number of carbonyl (C=O) groups is 1. The Balaban J connectivity index is 2.76. The molecule has 1 aromatic carbocycles. The average molecular weight is 305 g/mol. The van der Waals surface area contributed by atoms with Crippen molar-refractivity contribution in [1.29, 1.82) is 0 Å². The van der Waals surface area contributed by atoms with Gasteiger partial charge in [-0.25, -0.2) is 4.79 Å². The molecule has 0 saturated carbocycles. The molecule has 0 amide bonds. The number of esters is 1. The van der Waals surface area contributed by atoms with E-state index in [1.165, 1.54) is 7.11 Å². The number of nitrogens with one attached hydrogen (secondary N) is 1. The first-order valence-electron chi connectivity index (χ1n) is 5.47. The van der Waals surface area contributed by atoms with Crippen molar-refractivity contribution in [2.24, 2.45) is 5.10 Å². The van der Waals surface area contributed by atoms with Gasteiger partial charge in [0.05, 0.1) is 23.9 Å². The van der Waals surface area contributed by atoms with Crippen LogP contribution < -0.4 is 10.2 Å². The van der Waals surface area contributed by atoms with Gasteiger partial charge in [0.1, 0.15) is 5.75 Å². The van der Waals surface area contributed by atoms with Crippen LogP contribution in [-0.2, 0) is 9.53 Å². The SMILES string of the molecule is COC(=O)/C(Cl)=N\Nc1ccc(OC(C)C)c(Cl)c1. The molecule has 1 rings (SSSR count). The molecule has 5 nitrogen and oxygen atoms in total. The maximum Gasteiger partial charge on any atom is 0.370 e. The van der Waals surface area contributed by atoms with Crippen molar-refractivity contribution in [1.82, 2.24) is 0 Å². The number of anilines is 1. The summed E-state index contributed by atoms with van der Waals surface area (Å²) in [6.07, 6.45) is 0.0306. The normalized spacial score (nSPS) is 11.4. The minimum Gasteiger partial charge on any atom is -0.489 e. The Hall–Kier alpha value is -1.46. The van der Waals surface area contributed by atoms with Crippen LogP contribution in [0.1, 0.15) is 13.8 Å². The van der Waals surface area contributed by atoms with E-state index in [2.05, 4.69) is 15.3 Å². The maximum atomic E-state index is 11.0. The van der Waals surface area contributed by atoms with Gasteiger partial charge in [0, 0.05) is 0 Å². The standard InChI is InChI=1S/C12H14Cl2N2O3/c1-7(2)19-10-5-4-8(6-9(10)13)15-16-11(14)12(17)18-3/h4-7,15H,1-3H3/b16-11+. The number of nitrogens with zero attached hydrogens (tertiary/aromatic N) is 1. The Morgan fingerprint density at radius 3 is 2.63 bits per heavy atom. The van der Waals surface area contributed by atoms with Gasteiger partial charge in [-0.1, -0.05) is 23.2 Å². The largest absolute Gasteiger partial charge is 0.489 e. The second-order valence-electron chi connectivity index (χ2n) is 3.82. The van der Waals surface area contributed by atoms with Crippen LogP contribution in [0, 0.1) is 0 Å². The third-order valence-corrected chi connectivity index (χ3v) is 2.47. The van der Waals surface area contributed by atoms with Crippen molar-refractivity contribution >= 4 is 40.0 Å². The zero-order chi connectivity index (χ0) is 14.4. The quantitative estimate of drug-likeness (QED) is 0.515. The van der Waals surface area contributed by atoms with E-state index in [0.717, 1.165) is 0 Å². The lowest BCUT2D eigenvalue weighted by atomic mass is 10.3. The lowest BCUT2D eigenvalue weighted by molar-refractivity contribution is -0.132. The third-order valence-electron chi connectivity index (χ3n) is 1.93. The van der Waals surface area contributed by atoms with Crippen LogP contribution in [0.15, 0.2) is 23.3 Å². The molecule has 0 aromatic heterocycles. The fourth-order valence-corrected chi connectivity index (χ4v) is 1.51. The van der Waals surface area contributed by atoms with Crippen molar-refractivity contribution in [2.75, 3.05) is 12.5 Å². The van der Waals surface area contributed by atoms with Crippen molar-refractivity contribution in [3.05, 3.63) is 23.2 Å². The zero-order valence-electron chi connectivity index (χ0n) is 10.7. The van der Waals surface area contributed by atoms with Gasteiger partial charge in [0.25, 0.3) is 0 Å². The molecule has 0 aliphatic rings. The smallest absolute Gasteiger partial charge is 0.370 e. The van der Waals surface area contributed by atoms with E-state index in [1.54, 1.807) is 18.2 Å². The number of hydrogen-bond acceptors (Lipinski definition) is 5. The molecule has 0 radical (unpaired) electrons. The highest BCUT2D eigenvalue weighted by Crippen LogP contribution is 2.28. The number of carbonyl (C=O) groups excluding carboxylic acids is 1. The van der Waals surface area contributed by atoms with Gasteiger partial charge in [-0.2, -0.15) is 5.10 Å². The van der Waals surface area contributed by atoms with Crippen molar-refractivity contribution in [3.8, 4) is 5.75 Å². The summed E-state index contributed by atoms with van der Waals surface area (Å²) in [5.74, 6) is -0.148. The Kier molecular flexibility index (Phi) is 5.92. The highest BCUT2D eigenvalue weighted by Gasteiger charge is 2.08. The van der Waals surface area contributed by atoms with E-state index < -0.39 is 5.97 Å². The molecule has 7 heteroatoms. The summed E-state index contributed by atoms with van der Waals surface area (Å²) >= 11 is 11.6. The summed E-state index contributed by atoms with van der Waals surface area (Å²) < 4.78 is 9.88. The van der Waals surface area contributed by atoms with Crippen LogP contribution in [0.5, 0.6) is 5.75 Å². The lowest BCUT2D eigenvalue weighted by Crippen LogP contribution is -2.11. The number of hydrogen-bond donors (Lipinski definition) is 1. The van der Waals surface area contributed by atoms with Crippen LogP contribution in [0.3, 0.4) is 0 Å². The topological polar surface area (TPSA) is 59.9 Å². The zero-order valence-corrected chi connectivity index (χ0v) is 12.2. The highest BCUT2D eigenvalue weighted by atomic mass is 35.5. The Labute approximate surface area is 121 Å². The molecule has 1 aromatic rings. The monoisotopic (exact) mass is 304 g/mol. The van der Waals surface area contributed by atoms with E-state index >= 15 is 0 Å². The summed E-state index contributed by atoms with van der Waals surface area (Å²) in [5.41, 5.74) is 3.17. The van der Waals surface area contributed by atoms with Crippen LogP contribution in [-0.4, -0.2) is 24.4 Å². The van der Waals surface area contributed by atoms with Crippen molar-refractivity contribution in [2.45, 2.75) is 20.0 Å². The van der Waals surface area contributed by atoms with E-state index in [1.807, 2.05) is 13.8 Å². The number of hydrazone groups is 1. The Morgan fingerprint density at radius 2 is 2.11 bits per heavy atom. The fraction of sp³-hybridized carbons (Fsp3) is 0.333. The van der Waals surface area contributed by atoms with Crippen molar-refractivity contribution < 1.29 is 14.3 Å². The molecule has 0 bridgehead atoms. The predicted molar refractivity (Wildman–Crippen MR) is 76.1 cm³/mol. The van der Waals surface area contributed by atoms with E-state index in [0.29, 0.717) is 16.5 Å². The molecule has 0 saturated heterocycles. The second kappa shape index (κ2) is 7.21. The molecule has 0 heterocycles. The minimum atomic E-state index is -0.722. The molecule has 1 N–H and O–H groups in total. The summed E-state index contributed by atoms with van der Waals surface area (Å²) in [7, 11) is 1.22. The molecular weight excluding hydrogens is 291 g/mol. The highest BCUT2D eigenvalue weighted by molar-refractivity contribution is 6.82. The lowest BCUT2D eigenvalue weighted by Gasteiger charge is -2.12. The molecule has 104 valence electrons. The molecule has 0 aliphatic carbocycles. The molecule has 0 spiro atoms. The van der Waals surface area contributed by atoms with Gasteiger partial charge < -0.3 is 9.47 Å². The first-order chi connectivity index (χ1) is 8.93. The number of ether oxygens (including phenoxy) is 2. The Bertz CT molecular complexity index is 490. The van der Waals surface area contributed by atoms with E-state index in [9.17, 15) is 4.79 Å². The van der Waals surface area contributed by atoms with Crippen LogP contribution in [0.4, 0.5) is 5.69 Å². The summed E-state index contributed by atoms with van der Waals surface area (Å²) in [5, 5.41) is 3.78. The minimum absolute atomic E-state index is 0.0306.